The summed E-state index contributed by atoms with van der Waals surface area (Å²) in [7, 11) is 0. The lowest BCUT2D eigenvalue weighted by atomic mass is 9.81. The Hall–Kier alpha value is -6.88. The van der Waals surface area contributed by atoms with Gasteiger partial charge >= 0.3 is 0 Å². The lowest BCUT2D eigenvalue weighted by molar-refractivity contribution is 0.657. The Balaban J connectivity index is 1.23. The maximum absolute atomic E-state index is 5.79. The van der Waals surface area contributed by atoms with Crippen LogP contribution in [0.15, 0.2) is 164 Å². The number of hydrogen-bond acceptors (Lipinski definition) is 3. The summed E-state index contributed by atoms with van der Waals surface area (Å²) in [6, 6.07) is 60.1. The van der Waals surface area contributed by atoms with Crippen molar-refractivity contribution in [1.29, 1.82) is 0 Å². The molecule has 0 atom stereocenters. The second-order valence-electron chi connectivity index (χ2n) is 16.0. The number of thiophene rings is 1. The second-order valence-corrected chi connectivity index (χ2v) is 17.1. The highest BCUT2D eigenvalue weighted by Crippen LogP contribution is 2.53. The molecule has 0 unspecified atom stereocenters. The molecule has 0 N–H and O–H groups in total. The highest BCUT2D eigenvalue weighted by atomic mass is 32.1. The minimum atomic E-state index is -0.300. The molecule has 0 radical (unpaired) electrons. The van der Waals surface area contributed by atoms with Crippen LogP contribution in [-0.2, 0) is 5.41 Å². The van der Waals surface area contributed by atoms with Gasteiger partial charge < -0.3 is 0 Å². The van der Waals surface area contributed by atoms with Gasteiger partial charge in [0, 0.05) is 58.4 Å². The zero-order chi connectivity index (χ0) is 37.6. The van der Waals surface area contributed by atoms with Gasteiger partial charge in [-0.3, -0.25) is 4.57 Å². The Morgan fingerprint density at radius 2 is 1.00 bits per heavy atom. The Kier molecular flexibility index (Phi) is 6.12. The van der Waals surface area contributed by atoms with Crippen molar-refractivity contribution in [3.63, 3.8) is 0 Å². The van der Waals surface area contributed by atoms with E-state index in [1.165, 1.54) is 90.7 Å². The predicted molar refractivity (Wildman–Crippen MR) is 242 cm³/mol. The van der Waals surface area contributed by atoms with Crippen LogP contribution < -0.4 is 0 Å². The summed E-state index contributed by atoms with van der Waals surface area (Å²) in [6.07, 6.45) is 0. The van der Waals surface area contributed by atoms with Gasteiger partial charge in [0.25, 0.3) is 0 Å². The van der Waals surface area contributed by atoms with E-state index in [1.807, 2.05) is 11.3 Å². The third kappa shape index (κ3) is 4.05. The van der Waals surface area contributed by atoms with Crippen molar-refractivity contribution in [2.45, 2.75) is 19.3 Å². The number of hydrogen-bond donors (Lipinski definition) is 0. The molecule has 0 amide bonds. The quantitative estimate of drug-likeness (QED) is 0.165. The Labute approximate surface area is 332 Å². The van der Waals surface area contributed by atoms with Crippen LogP contribution in [0.1, 0.15) is 25.0 Å². The fraction of sp³-hybridized carbons (Fsp3) is 0.0566. The zero-order valence-corrected chi connectivity index (χ0v) is 32.2. The summed E-state index contributed by atoms with van der Waals surface area (Å²) in [5.41, 5.74) is 8.73. The van der Waals surface area contributed by atoms with Crippen LogP contribution in [0.5, 0.6) is 0 Å². The molecule has 9 aromatic carbocycles. The van der Waals surface area contributed by atoms with Gasteiger partial charge in [-0.25, -0.2) is 9.97 Å². The van der Waals surface area contributed by atoms with Crippen LogP contribution in [0.3, 0.4) is 0 Å². The normalized spacial score (nSPS) is 13.6. The third-order valence-corrected chi connectivity index (χ3v) is 14.0. The van der Waals surface area contributed by atoms with Crippen molar-refractivity contribution < 1.29 is 0 Å². The number of aromatic nitrogens is 3. The van der Waals surface area contributed by atoms with E-state index in [4.69, 9.17) is 9.97 Å². The van der Waals surface area contributed by atoms with Gasteiger partial charge in [0.15, 0.2) is 0 Å². The van der Waals surface area contributed by atoms with Crippen molar-refractivity contribution in [3.05, 3.63) is 175 Å². The first-order valence-corrected chi connectivity index (χ1v) is 20.5. The number of benzene rings is 9. The minimum absolute atomic E-state index is 0.300. The first-order valence-electron chi connectivity index (χ1n) is 19.7. The molecule has 57 heavy (non-hydrogen) atoms. The van der Waals surface area contributed by atoms with Crippen molar-refractivity contribution in [2.24, 2.45) is 0 Å². The fourth-order valence-corrected chi connectivity index (χ4v) is 11.5. The Bertz CT molecular complexity index is 3700. The first-order chi connectivity index (χ1) is 28.1. The number of fused-ring (bicyclic) bond motifs is 18. The first kappa shape index (κ1) is 31.3. The maximum Gasteiger partial charge on any atom is 0.235 e. The SMILES string of the molecule is CC1(C)c2ccccc2-c2nc(-n3c4ccc5ccccc5c4c4c5c6ccccc6c6ccccc6c5ccc43)nc(-c3cccc4c3sc3ccccc34)c21. The average Bonchev–Trinajstić information content (AvgIpc) is 3.89. The van der Waals surface area contributed by atoms with E-state index < -0.39 is 0 Å². The van der Waals surface area contributed by atoms with Crippen molar-refractivity contribution in [2.75, 3.05) is 0 Å². The topological polar surface area (TPSA) is 30.7 Å². The minimum Gasteiger partial charge on any atom is -0.278 e. The number of nitrogens with zero attached hydrogens (tertiary/aromatic N) is 3. The summed E-state index contributed by atoms with van der Waals surface area (Å²) in [4.78, 5) is 11.5. The van der Waals surface area contributed by atoms with Gasteiger partial charge in [-0.2, -0.15) is 0 Å². The molecule has 266 valence electrons. The lowest BCUT2D eigenvalue weighted by Crippen LogP contribution is -2.18. The molecule has 12 aromatic rings. The molecular formula is C53H33N3S. The standard InChI is InChI=1S/C53H33N3S/c1-53(2)41-24-11-9-21-39(41)49-48(53)50(40-23-13-22-38-35-19-10-12-25-44(35)57-51(38)40)55-52(54-49)56-42-28-26-30-14-3-4-15-31(30)46(42)47-43(56)29-27-37-34-18-6-5-16-32(34)33-17-7-8-20-36(33)45(37)47/h3-29H,1-2H3. The van der Waals surface area contributed by atoms with Crippen LogP contribution in [-0.4, -0.2) is 14.5 Å². The predicted octanol–water partition coefficient (Wildman–Crippen LogP) is 14.5. The van der Waals surface area contributed by atoms with E-state index in [2.05, 4.69) is 182 Å². The Morgan fingerprint density at radius 1 is 0.439 bits per heavy atom. The molecule has 0 saturated carbocycles. The highest BCUT2D eigenvalue weighted by molar-refractivity contribution is 7.26. The summed E-state index contributed by atoms with van der Waals surface area (Å²) >= 11 is 1.86. The number of rotatable bonds is 2. The molecular weight excluding hydrogens is 711 g/mol. The van der Waals surface area contributed by atoms with E-state index in [9.17, 15) is 0 Å². The van der Waals surface area contributed by atoms with Crippen LogP contribution >= 0.6 is 11.3 Å². The smallest absolute Gasteiger partial charge is 0.235 e. The summed E-state index contributed by atoms with van der Waals surface area (Å²) in [5.74, 6) is 0.689. The molecule has 4 heteroatoms. The molecule has 0 aliphatic heterocycles. The van der Waals surface area contributed by atoms with E-state index in [0.717, 1.165) is 28.0 Å². The van der Waals surface area contributed by atoms with Crippen LogP contribution in [0.4, 0.5) is 0 Å². The van der Waals surface area contributed by atoms with E-state index in [1.54, 1.807) is 0 Å². The third-order valence-electron chi connectivity index (χ3n) is 12.8. The average molecular weight is 744 g/mol. The van der Waals surface area contributed by atoms with Crippen LogP contribution in [0, 0.1) is 0 Å². The van der Waals surface area contributed by atoms with E-state index >= 15 is 0 Å². The van der Waals surface area contributed by atoms with Gasteiger partial charge in [0.05, 0.1) is 22.4 Å². The molecule has 1 aliphatic carbocycles. The van der Waals surface area contributed by atoms with Gasteiger partial charge in [-0.05, 0) is 61.5 Å². The summed E-state index contributed by atoms with van der Waals surface area (Å²) in [6.45, 7) is 4.67. The summed E-state index contributed by atoms with van der Waals surface area (Å²) in [5, 5.41) is 15.0. The molecule has 3 nitrogen and oxygen atoms in total. The fourth-order valence-electron chi connectivity index (χ4n) is 10.3. The molecule has 1 aliphatic rings. The lowest BCUT2D eigenvalue weighted by Gasteiger charge is -2.24. The largest absolute Gasteiger partial charge is 0.278 e. The van der Waals surface area contributed by atoms with E-state index in [0.29, 0.717) is 5.95 Å². The molecule has 0 saturated heterocycles. The van der Waals surface area contributed by atoms with Gasteiger partial charge in [-0.1, -0.05) is 159 Å². The van der Waals surface area contributed by atoms with Crippen molar-refractivity contribution in [3.8, 4) is 28.5 Å². The van der Waals surface area contributed by atoms with Gasteiger partial charge in [-0.15, -0.1) is 11.3 Å². The van der Waals surface area contributed by atoms with Gasteiger partial charge in [0.2, 0.25) is 5.95 Å². The summed E-state index contributed by atoms with van der Waals surface area (Å²) < 4.78 is 4.90. The van der Waals surface area contributed by atoms with E-state index in [-0.39, 0.29) is 5.41 Å². The molecule has 0 fully saturated rings. The monoisotopic (exact) mass is 743 g/mol. The highest BCUT2D eigenvalue weighted by Gasteiger charge is 2.40. The van der Waals surface area contributed by atoms with Crippen LogP contribution in [0.25, 0.3) is 114 Å². The van der Waals surface area contributed by atoms with Crippen molar-refractivity contribution in [1.82, 2.24) is 14.5 Å². The molecule has 3 heterocycles. The molecule has 13 rings (SSSR count). The van der Waals surface area contributed by atoms with Crippen molar-refractivity contribution >= 4 is 96.4 Å². The van der Waals surface area contributed by atoms with Gasteiger partial charge in [0.1, 0.15) is 0 Å². The zero-order valence-electron chi connectivity index (χ0n) is 31.3. The maximum atomic E-state index is 5.79. The second kappa shape index (κ2) is 11.1. The molecule has 0 spiro atoms. The molecule has 0 bridgehead atoms. The molecule has 3 aromatic heterocycles. The Morgan fingerprint density at radius 3 is 1.81 bits per heavy atom. The van der Waals surface area contributed by atoms with Crippen LogP contribution in [0.2, 0.25) is 0 Å².